The molecule has 150 valence electrons. The lowest BCUT2D eigenvalue weighted by Crippen LogP contribution is -2.30. The molecule has 3 rings (SSSR count). The van der Waals surface area contributed by atoms with E-state index in [4.69, 9.17) is 16.3 Å². The maximum atomic E-state index is 12.3. The summed E-state index contributed by atoms with van der Waals surface area (Å²) < 4.78 is 5.02. The van der Waals surface area contributed by atoms with Crippen molar-refractivity contribution in [2.75, 3.05) is 32.1 Å². The molecule has 0 aliphatic carbocycles. The predicted molar refractivity (Wildman–Crippen MR) is 110 cm³/mol. The van der Waals surface area contributed by atoms with Gasteiger partial charge in [0.05, 0.1) is 16.7 Å². The van der Waals surface area contributed by atoms with Gasteiger partial charge in [0.15, 0.2) is 0 Å². The van der Waals surface area contributed by atoms with Crippen molar-refractivity contribution >= 4 is 29.2 Å². The van der Waals surface area contributed by atoms with Gasteiger partial charge in [-0.1, -0.05) is 24.0 Å². The summed E-state index contributed by atoms with van der Waals surface area (Å²) in [6, 6.07) is 6.87. The Balaban J connectivity index is 1.55. The minimum Gasteiger partial charge on any atom is -0.385 e. The first-order valence-corrected chi connectivity index (χ1v) is 9.69. The van der Waals surface area contributed by atoms with E-state index in [2.05, 4.69) is 27.1 Å². The van der Waals surface area contributed by atoms with E-state index in [1.54, 1.807) is 37.6 Å². The number of hydrogen-bond acceptors (Lipinski definition) is 6. The molecular formula is C21H21ClN4O3. The number of carbonyl (C=O) groups excluding carboxylic acids is 2. The number of anilines is 1. The van der Waals surface area contributed by atoms with Gasteiger partial charge < -0.3 is 10.1 Å². The minimum absolute atomic E-state index is 0.149. The first-order chi connectivity index (χ1) is 14.1. The highest BCUT2D eigenvalue weighted by atomic mass is 35.5. The van der Waals surface area contributed by atoms with Crippen LogP contribution in [-0.4, -0.2) is 53.5 Å². The van der Waals surface area contributed by atoms with Gasteiger partial charge in [0.2, 0.25) is 5.28 Å². The zero-order valence-corrected chi connectivity index (χ0v) is 16.8. The molecule has 0 saturated carbocycles. The number of nitrogens with zero attached hydrogens (tertiary/aromatic N) is 3. The summed E-state index contributed by atoms with van der Waals surface area (Å²) in [7, 11) is 1.65. The number of rotatable bonds is 8. The van der Waals surface area contributed by atoms with E-state index < -0.39 is 0 Å². The second kappa shape index (κ2) is 10.0. The van der Waals surface area contributed by atoms with Crippen LogP contribution >= 0.6 is 11.6 Å². The first-order valence-electron chi connectivity index (χ1n) is 9.31. The van der Waals surface area contributed by atoms with E-state index in [-0.39, 0.29) is 17.1 Å². The molecule has 2 heterocycles. The van der Waals surface area contributed by atoms with E-state index in [0.29, 0.717) is 55.0 Å². The largest absolute Gasteiger partial charge is 0.385 e. The summed E-state index contributed by atoms with van der Waals surface area (Å²) in [5.74, 6) is 6.17. The Hall–Kier alpha value is -2.95. The van der Waals surface area contributed by atoms with Crippen LogP contribution in [0, 0.1) is 11.8 Å². The molecule has 29 heavy (non-hydrogen) atoms. The molecule has 0 bridgehead atoms. The molecule has 0 fully saturated rings. The Labute approximate surface area is 174 Å². The van der Waals surface area contributed by atoms with Crippen molar-refractivity contribution in [1.29, 1.82) is 0 Å². The topological polar surface area (TPSA) is 84.4 Å². The van der Waals surface area contributed by atoms with Crippen molar-refractivity contribution in [1.82, 2.24) is 14.9 Å². The fourth-order valence-corrected chi connectivity index (χ4v) is 3.07. The third kappa shape index (κ3) is 5.11. The molecule has 2 aromatic rings. The highest BCUT2D eigenvalue weighted by Crippen LogP contribution is 2.22. The molecule has 1 aromatic heterocycles. The fourth-order valence-electron chi connectivity index (χ4n) is 2.94. The summed E-state index contributed by atoms with van der Waals surface area (Å²) >= 11 is 5.87. The van der Waals surface area contributed by atoms with Crippen molar-refractivity contribution in [3.8, 4) is 11.8 Å². The zero-order valence-electron chi connectivity index (χ0n) is 16.1. The lowest BCUT2D eigenvalue weighted by atomic mass is 10.1. The number of methoxy groups -OCH3 is 1. The summed E-state index contributed by atoms with van der Waals surface area (Å²) in [4.78, 5) is 34.1. The third-order valence-electron chi connectivity index (χ3n) is 4.36. The van der Waals surface area contributed by atoms with Crippen LogP contribution in [0.15, 0.2) is 30.5 Å². The monoisotopic (exact) mass is 412 g/mol. The second-order valence-corrected chi connectivity index (χ2v) is 6.73. The third-order valence-corrected chi connectivity index (χ3v) is 4.54. The first kappa shape index (κ1) is 20.8. The van der Waals surface area contributed by atoms with Crippen molar-refractivity contribution in [3.63, 3.8) is 0 Å². The summed E-state index contributed by atoms with van der Waals surface area (Å²) in [6.45, 7) is 1.65. The highest BCUT2D eigenvalue weighted by Gasteiger charge is 2.34. The van der Waals surface area contributed by atoms with Gasteiger partial charge in [-0.15, -0.1) is 0 Å². The van der Waals surface area contributed by atoms with Crippen LogP contribution in [0.25, 0.3) is 0 Å². The smallest absolute Gasteiger partial charge is 0.261 e. The second-order valence-electron chi connectivity index (χ2n) is 6.39. The molecule has 1 aromatic carbocycles. The average molecular weight is 413 g/mol. The van der Waals surface area contributed by atoms with Crippen LogP contribution < -0.4 is 5.32 Å². The number of ether oxygens (including phenoxy) is 1. The Kier molecular flexibility index (Phi) is 7.17. The van der Waals surface area contributed by atoms with Gasteiger partial charge in [-0.3, -0.25) is 14.5 Å². The number of halogens is 1. The van der Waals surface area contributed by atoms with Crippen LogP contribution in [0.5, 0.6) is 0 Å². The maximum Gasteiger partial charge on any atom is 0.261 e. The van der Waals surface area contributed by atoms with Crippen LogP contribution in [0.2, 0.25) is 5.28 Å². The standard InChI is InChI=1S/C21H21ClN4O3/c1-29-13-7-11-23-18-15(14-24-21(22)25-18)8-3-2-6-12-26-19(27)16-9-4-5-10-17(16)20(26)28/h4-5,9-10,14H,2,6-7,11-13H2,1H3,(H,23,24,25). The van der Waals surface area contributed by atoms with E-state index in [1.807, 2.05) is 0 Å². The molecule has 7 nitrogen and oxygen atoms in total. The number of unbranched alkanes of at least 4 members (excludes halogenated alkanes) is 1. The van der Waals surface area contributed by atoms with Crippen LogP contribution in [-0.2, 0) is 4.74 Å². The SMILES string of the molecule is COCCCNc1nc(Cl)ncc1C#CCCCN1C(=O)c2ccccc2C1=O. The highest BCUT2D eigenvalue weighted by molar-refractivity contribution is 6.28. The molecule has 8 heteroatoms. The quantitative estimate of drug-likeness (QED) is 0.310. The number of carbonyl (C=O) groups is 2. The van der Waals surface area contributed by atoms with E-state index in [1.165, 1.54) is 4.90 Å². The van der Waals surface area contributed by atoms with Gasteiger partial charge in [-0.2, -0.15) is 4.98 Å². The lowest BCUT2D eigenvalue weighted by molar-refractivity contribution is 0.0653. The van der Waals surface area contributed by atoms with Crippen molar-refractivity contribution < 1.29 is 14.3 Å². The molecular weight excluding hydrogens is 392 g/mol. The Morgan fingerprint density at radius 1 is 1.17 bits per heavy atom. The molecule has 0 unspecified atom stereocenters. The molecule has 1 aliphatic rings. The number of aromatic nitrogens is 2. The lowest BCUT2D eigenvalue weighted by Gasteiger charge is -2.12. The normalized spacial score (nSPS) is 12.6. The predicted octanol–water partition coefficient (Wildman–Crippen LogP) is 3.01. The van der Waals surface area contributed by atoms with Gasteiger partial charge in [-0.05, 0) is 36.6 Å². The molecule has 0 radical (unpaired) electrons. The molecule has 0 saturated heterocycles. The molecule has 1 N–H and O–H groups in total. The number of fused-ring (bicyclic) bond motifs is 1. The maximum absolute atomic E-state index is 12.3. The van der Waals surface area contributed by atoms with E-state index in [0.717, 1.165) is 6.42 Å². The minimum atomic E-state index is -0.243. The molecule has 0 spiro atoms. The number of hydrogen-bond donors (Lipinski definition) is 1. The van der Waals surface area contributed by atoms with Crippen molar-refractivity contribution in [2.45, 2.75) is 19.3 Å². The van der Waals surface area contributed by atoms with Crippen molar-refractivity contribution in [2.24, 2.45) is 0 Å². The van der Waals surface area contributed by atoms with E-state index >= 15 is 0 Å². The number of imide groups is 1. The Morgan fingerprint density at radius 2 is 1.90 bits per heavy atom. The number of benzene rings is 1. The number of nitrogens with one attached hydrogen (secondary N) is 1. The summed E-state index contributed by atoms with van der Waals surface area (Å²) in [6.07, 6.45) is 3.51. The van der Waals surface area contributed by atoms with Gasteiger partial charge in [0, 0.05) is 39.4 Å². The molecule has 0 atom stereocenters. The van der Waals surface area contributed by atoms with Crippen LogP contribution in [0.1, 0.15) is 45.5 Å². The summed E-state index contributed by atoms with van der Waals surface area (Å²) in [5.41, 5.74) is 1.57. The molecule has 2 amide bonds. The van der Waals surface area contributed by atoms with Gasteiger partial charge in [0.1, 0.15) is 5.82 Å². The summed E-state index contributed by atoms with van der Waals surface area (Å²) in [5, 5.41) is 3.33. The van der Waals surface area contributed by atoms with E-state index in [9.17, 15) is 9.59 Å². The Bertz CT molecular complexity index is 933. The number of amides is 2. The Morgan fingerprint density at radius 3 is 2.59 bits per heavy atom. The molecule has 1 aliphatic heterocycles. The fraction of sp³-hybridized carbons (Fsp3) is 0.333. The van der Waals surface area contributed by atoms with Crippen LogP contribution in [0.4, 0.5) is 5.82 Å². The van der Waals surface area contributed by atoms with Crippen molar-refractivity contribution in [3.05, 3.63) is 52.4 Å². The van der Waals surface area contributed by atoms with Gasteiger partial charge >= 0.3 is 0 Å². The zero-order chi connectivity index (χ0) is 20.6. The van der Waals surface area contributed by atoms with Gasteiger partial charge in [-0.25, -0.2) is 4.98 Å². The van der Waals surface area contributed by atoms with Crippen LogP contribution in [0.3, 0.4) is 0 Å². The van der Waals surface area contributed by atoms with Gasteiger partial charge in [0.25, 0.3) is 11.8 Å². The average Bonchev–Trinajstić information content (AvgIpc) is 2.97.